The monoisotopic (exact) mass is 392 g/mol. The molecule has 3 aromatic rings. The predicted octanol–water partition coefficient (Wildman–Crippen LogP) is 4.98. The van der Waals surface area contributed by atoms with E-state index in [2.05, 4.69) is 29.5 Å². The van der Waals surface area contributed by atoms with Crippen molar-refractivity contribution in [1.29, 1.82) is 0 Å². The number of nitrogens with zero attached hydrogens (tertiary/aromatic N) is 2. The first-order valence-corrected chi connectivity index (χ1v) is 9.78. The highest BCUT2D eigenvalue weighted by molar-refractivity contribution is 5.64. The average molecular weight is 393 g/mol. The molecule has 0 saturated carbocycles. The Morgan fingerprint density at radius 2 is 1.69 bits per heavy atom. The molecule has 0 aliphatic rings. The molecule has 0 aliphatic heterocycles. The number of aromatic nitrogens is 2. The molecule has 6 heteroatoms. The van der Waals surface area contributed by atoms with Crippen LogP contribution in [-0.4, -0.2) is 30.2 Å². The zero-order chi connectivity index (χ0) is 20.6. The molecule has 1 heterocycles. The van der Waals surface area contributed by atoms with Crippen LogP contribution in [0.3, 0.4) is 0 Å². The van der Waals surface area contributed by atoms with Crippen LogP contribution in [0.5, 0.6) is 11.5 Å². The van der Waals surface area contributed by atoms with Gasteiger partial charge in [-0.2, -0.15) is 4.98 Å². The molecule has 0 fully saturated rings. The molecule has 29 heavy (non-hydrogen) atoms. The van der Waals surface area contributed by atoms with Crippen LogP contribution in [0.4, 0.5) is 11.8 Å². The summed E-state index contributed by atoms with van der Waals surface area (Å²) >= 11 is 0. The first kappa shape index (κ1) is 20.5. The quantitative estimate of drug-likeness (QED) is 0.535. The highest BCUT2D eigenvalue weighted by atomic mass is 16.5. The molecular weight excluding hydrogens is 364 g/mol. The van der Waals surface area contributed by atoms with Crippen LogP contribution in [0.1, 0.15) is 25.8 Å². The van der Waals surface area contributed by atoms with Crippen molar-refractivity contribution in [1.82, 2.24) is 9.97 Å². The van der Waals surface area contributed by atoms with Gasteiger partial charge in [0.25, 0.3) is 0 Å². The molecule has 0 radical (unpaired) electrons. The fourth-order valence-electron chi connectivity index (χ4n) is 2.86. The third kappa shape index (κ3) is 5.38. The summed E-state index contributed by atoms with van der Waals surface area (Å²) in [6, 6.07) is 18.3. The number of hydrogen-bond donors (Lipinski definition) is 2. The summed E-state index contributed by atoms with van der Waals surface area (Å²) in [6.07, 6.45) is 0.993. The van der Waals surface area contributed by atoms with E-state index in [4.69, 9.17) is 14.5 Å². The molecule has 0 bridgehead atoms. The summed E-state index contributed by atoms with van der Waals surface area (Å²) in [6.45, 7) is 4.86. The largest absolute Gasteiger partial charge is 0.493 e. The molecule has 2 aromatic carbocycles. The van der Waals surface area contributed by atoms with Crippen LogP contribution in [0, 0.1) is 0 Å². The Bertz CT molecular complexity index is 931. The van der Waals surface area contributed by atoms with Gasteiger partial charge in [0, 0.05) is 24.2 Å². The van der Waals surface area contributed by atoms with Crippen molar-refractivity contribution < 1.29 is 9.47 Å². The third-order valence-corrected chi connectivity index (χ3v) is 4.71. The van der Waals surface area contributed by atoms with E-state index in [0.29, 0.717) is 30.0 Å². The number of methoxy groups -OCH3 is 2. The molecule has 1 atom stereocenters. The van der Waals surface area contributed by atoms with Crippen molar-refractivity contribution in [2.45, 2.75) is 32.9 Å². The van der Waals surface area contributed by atoms with Crippen LogP contribution in [0.2, 0.25) is 0 Å². The van der Waals surface area contributed by atoms with Crippen molar-refractivity contribution in [2.75, 3.05) is 24.9 Å². The highest BCUT2D eigenvalue weighted by Gasteiger charge is 2.10. The molecule has 1 aromatic heterocycles. The smallest absolute Gasteiger partial charge is 0.225 e. The van der Waals surface area contributed by atoms with Crippen LogP contribution < -0.4 is 20.1 Å². The summed E-state index contributed by atoms with van der Waals surface area (Å²) in [4.78, 5) is 9.35. The van der Waals surface area contributed by atoms with E-state index in [1.807, 2.05) is 54.6 Å². The van der Waals surface area contributed by atoms with Crippen molar-refractivity contribution in [3.63, 3.8) is 0 Å². The van der Waals surface area contributed by atoms with E-state index in [9.17, 15) is 0 Å². The first-order chi connectivity index (χ1) is 14.1. The second-order valence-electron chi connectivity index (χ2n) is 6.82. The molecule has 0 aliphatic carbocycles. The molecule has 0 spiro atoms. The summed E-state index contributed by atoms with van der Waals surface area (Å²) in [5.74, 6) is 2.80. The van der Waals surface area contributed by atoms with Crippen LogP contribution >= 0.6 is 0 Å². The Hall–Kier alpha value is -3.28. The molecule has 2 N–H and O–H groups in total. The molecule has 6 nitrogen and oxygen atoms in total. The van der Waals surface area contributed by atoms with Crippen LogP contribution in [-0.2, 0) is 6.54 Å². The lowest BCUT2D eigenvalue weighted by Crippen LogP contribution is -2.16. The maximum Gasteiger partial charge on any atom is 0.225 e. The minimum absolute atomic E-state index is 0.291. The summed E-state index contributed by atoms with van der Waals surface area (Å²) in [5.41, 5.74) is 3.00. The molecule has 0 amide bonds. The van der Waals surface area contributed by atoms with E-state index >= 15 is 0 Å². The van der Waals surface area contributed by atoms with Crippen LogP contribution in [0.25, 0.3) is 11.3 Å². The topological polar surface area (TPSA) is 68.3 Å². The van der Waals surface area contributed by atoms with Crippen molar-refractivity contribution in [2.24, 2.45) is 0 Å². The zero-order valence-electron chi connectivity index (χ0n) is 17.4. The molecule has 3 rings (SSSR count). The Labute approximate surface area is 172 Å². The minimum Gasteiger partial charge on any atom is -0.493 e. The summed E-state index contributed by atoms with van der Waals surface area (Å²) < 4.78 is 10.7. The van der Waals surface area contributed by atoms with Crippen molar-refractivity contribution in [3.8, 4) is 22.8 Å². The number of ether oxygens (including phenoxy) is 2. The maximum atomic E-state index is 5.39. The van der Waals surface area contributed by atoms with Gasteiger partial charge in [-0.05, 0) is 31.0 Å². The fourth-order valence-corrected chi connectivity index (χ4v) is 2.86. The number of anilines is 2. The Balaban J connectivity index is 1.85. The zero-order valence-corrected chi connectivity index (χ0v) is 17.4. The van der Waals surface area contributed by atoms with Gasteiger partial charge in [-0.25, -0.2) is 4.98 Å². The Morgan fingerprint density at radius 3 is 2.38 bits per heavy atom. The van der Waals surface area contributed by atoms with E-state index < -0.39 is 0 Å². The number of benzene rings is 2. The predicted molar refractivity (Wildman–Crippen MR) is 118 cm³/mol. The summed E-state index contributed by atoms with van der Waals surface area (Å²) in [5, 5.41) is 6.78. The number of hydrogen-bond acceptors (Lipinski definition) is 6. The second-order valence-corrected chi connectivity index (χ2v) is 6.82. The number of nitrogens with one attached hydrogen (secondary N) is 2. The van der Waals surface area contributed by atoms with Gasteiger partial charge in [0.15, 0.2) is 11.5 Å². The van der Waals surface area contributed by atoms with Gasteiger partial charge in [0.05, 0.1) is 19.9 Å². The standard InChI is InChI=1S/C23H28N4O2/c1-5-16(2)25-23-26-19(18-9-7-6-8-10-18)14-22(27-23)24-15-17-11-12-20(28-3)21(13-17)29-4/h6-14,16H,5,15H2,1-4H3,(H2,24,25,26,27). The van der Waals surface area contributed by atoms with Gasteiger partial charge in [-0.15, -0.1) is 0 Å². The van der Waals surface area contributed by atoms with Crippen molar-refractivity contribution >= 4 is 11.8 Å². The van der Waals surface area contributed by atoms with Gasteiger partial charge < -0.3 is 20.1 Å². The Kier molecular flexibility index (Phi) is 6.89. The van der Waals surface area contributed by atoms with Crippen LogP contribution in [0.15, 0.2) is 54.6 Å². The highest BCUT2D eigenvalue weighted by Crippen LogP contribution is 2.28. The van der Waals surface area contributed by atoms with E-state index in [1.165, 1.54) is 0 Å². The van der Waals surface area contributed by atoms with E-state index in [0.717, 1.165) is 29.1 Å². The van der Waals surface area contributed by atoms with Gasteiger partial charge in [-0.1, -0.05) is 43.3 Å². The summed E-state index contributed by atoms with van der Waals surface area (Å²) in [7, 11) is 3.27. The lowest BCUT2D eigenvalue weighted by atomic mass is 10.1. The van der Waals surface area contributed by atoms with Gasteiger partial charge in [-0.3, -0.25) is 0 Å². The fraction of sp³-hybridized carbons (Fsp3) is 0.304. The number of rotatable bonds is 9. The van der Waals surface area contributed by atoms with E-state index in [-0.39, 0.29) is 0 Å². The third-order valence-electron chi connectivity index (χ3n) is 4.71. The van der Waals surface area contributed by atoms with Crippen molar-refractivity contribution in [3.05, 3.63) is 60.2 Å². The second kappa shape index (κ2) is 9.78. The normalized spacial score (nSPS) is 11.6. The maximum absolute atomic E-state index is 5.39. The molecule has 0 saturated heterocycles. The molecule has 1 unspecified atom stereocenters. The average Bonchev–Trinajstić information content (AvgIpc) is 2.77. The van der Waals surface area contributed by atoms with Gasteiger partial charge >= 0.3 is 0 Å². The van der Waals surface area contributed by atoms with Gasteiger partial charge in [0.2, 0.25) is 5.95 Å². The molecular formula is C23H28N4O2. The first-order valence-electron chi connectivity index (χ1n) is 9.78. The van der Waals surface area contributed by atoms with E-state index in [1.54, 1.807) is 14.2 Å². The van der Waals surface area contributed by atoms with Gasteiger partial charge in [0.1, 0.15) is 5.82 Å². The SMILES string of the molecule is CCC(C)Nc1nc(NCc2ccc(OC)c(OC)c2)cc(-c2ccccc2)n1. The lowest BCUT2D eigenvalue weighted by Gasteiger charge is -2.15. The minimum atomic E-state index is 0.291. The molecule has 152 valence electrons. The Morgan fingerprint density at radius 1 is 0.931 bits per heavy atom. The lowest BCUT2D eigenvalue weighted by molar-refractivity contribution is 0.354.